The van der Waals surface area contributed by atoms with Crippen molar-refractivity contribution in [3.8, 4) is 17.0 Å². The van der Waals surface area contributed by atoms with E-state index in [1.54, 1.807) is 35.0 Å². The van der Waals surface area contributed by atoms with Crippen LogP contribution in [0.3, 0.4) is 0 Å². The molecule has 1 fully saturated rings. The van der Waals surface area contributed by atoms with E-state index in [0.29, 0.717) is 67.7 Å². The Hall–Kier alpha value is -3.24. The fourth-order valence-electron chi connectivity index (χ4n) is 4.19. The van der Waals surface area contributed by atoms with Crippen LogP contribution in [0, 0.1) is 5.82 Å². The maximum atomic E-state index is 14.4. The minimum absolute atomic E-state index is 0.0787. The van der Waals surface area contributed by atoms with Gasteiger partial charge in [-0.1, -0.05) is 0 Å². The van der Waals surface area contributed by atoms with E-state index in [4.69, 9.17) is 14.2 Å². The van der Waals surface area contributed by atoms with Crippen molar-refractivity contribution in [3.63, 3.8) is 0 Å². The third kappa shape index (κ3) is 3.98. The minimum Gasteiger partial charge on any atom is -0.475 e. The van der Waals surface area contributed by atoms with Gasteiger partial charge in [0.1, 0.15) is 18.5 Å². The fraction of sp³-hybridized carbons (Fsp3) is 0.409. The minimum atomic E-state index is -0.535. The molecule has 2 aliphatic heterocycles. The number of hydrogen-bond acceptors (Lipinski definition) is 7. The number of benzene rings is 1. The zero-order chi connectivity index (χ0) is 22.1. The van der Waals surface area contributed by atoms with Crippen LogP contribution in [0.2, 0.25) is 0 Å². The molecule has 0 saturated carbocycles. The Balaban J connectivity index is 1.47. The Kier molecular flexibility index (Phi) is 5.62. The molecule has 1 N–H and O–H groups in total. The Morgan fingerprint density at radius 2 is 2.22 bits per heavy atom. The van der Waals surface area contributed by atoms with Crippen molar-refractivity contribution >= 4 is 17.2 Å². The van der Waals surface area contributed by atoms with Crippen molar-refractivity contribution in [1.29, 1.82) is 0 Å². The Morgan fingerprint density at radius 3 is 3.09 bits per heavy atom. The number of carbonyl (C=O) groups excluding carboxylic acids is 1. The number of amides is 1. The zero-order valence-electron chi connectivity index (χ0n) is 17.7. The molecule has 1 aromatic carbocycles. The number of halogens is 1. The first kappa shape index (κ1) is 20.7. The van der Waals surface area contributed by atoms with Crippen LogP contribution in [0.4, 0.5) is 10.1 Å². The molecule has 2 aromatic heterocycles. The van der Waals surface area contributed by atoms with Gasteiger partial charge in [0.15, 0.2) is 5.65 Å². The first-order chi connectivity index (χ1) is 15.6. The van der Waals surface area contributed by atoms with Crippen LogP contribution in [0.15, 0.2) is 36.7 Å². The number of methoxy groups -OCH3 is 1. The molecule has 2 atom stereocenters. The van der Waals surface area contributed by atoms with Gasteiger partial charge >= 0.3 is 0 Å². The molecular formula is C22H24FN5O4. The van der Waals surface area contributed by atoms with Gasteiger partial charge in [0.2, 0.25) is 5.88 Å². The van der Waals surface area contributed by atoms with E-state index in [0.717, 1.165) is 0 Å². The van der Waals surface area contributed by atoms with E-state index in [2.05, 4.69) is 15.4 Å². The maximum Gasteiger partial charge on any atom is 0.252 e. The largest absolute Gasteiger partial charge is 0.475 e. The second kappa shape index (κ2) is 8.71. The Morgan fingerprint density at radius 1 is 1.31 bits per heavy atom. The van der Waals surface area contributed by atoms with E-state index in [-0.39, 0.29) is 17.8 Å². The monoisotopic (exact) mass is 441 g/mol. The van der Waals surface area contributed by atoms with Gasteiger partial charge in [0.05, 0.1) is 25.5 Å². The van der Waals surface area contributed by atoms with Gasteiger partial charge in [-0.3, -0.25) is 4.79 Å². The summed E-state index contributed by atoms with van der Waals surface area (Å²) in [5, 5.41) is 7.55. The van der Waals surface area contributed by atoms with Crippen LogP contribution in [-0.2, 0) is 14.3 Å². The predicted molar refractivity (Wildman–Crippen MR) is 114 cm³/mol. The lowest BCUT2D eigenvalue weighted by atomic mass is 10.1. The van der Waals surface area contributed by atoms with E-state index in [1.165, 1.54) is 12.1 Å². The highest BCUT2D eigenvalue weighted by molar-refractivity contribution is 5.84. The molecule has 1 saturated heterocycles. The first-order valence-corrected chi connectivity index (χ1v) is 10.6. The maximum absolute atomic E-state index is 14.4. The molecular weight excluding hydrogens is 417 g/mol. The van der Waals surface area contributed by atoms with Crippen molar-refractivity contribution < 1.29 is 23.4 Å². The van der Waals surface area contributed by atoms with Gasteiger partial charge in [-0.15, -0.1) is 0 Å². The number of nitrogens with one attached hydrogen (secondary N) is 1. The summed E-state index contributed by atoms with van der Waals surface area (Å²) in [6.07, 6.45) is 3.40. The molecule has 0 unspecified atom stereocenters. The summed E-state index contributed by atoms with van der Waals surface area (Å²) in [5.74, 6) is -0.0298. The average molecular weight is 441 g/mol. The molecule has 9 nitrogen and oxygen atoms in total. The number of anilines is 1. The number of rotatable bonds is 4. The summed E-state index contributed by atoms with van der Waals surface area (Å²) in [4.78, 5) is 19.3. The second-order valence-electron chi connectivity index (χ2n) is 7.83. The van der Waals surface area contributed by atoms with Gasteiger partial charge in [0.25, 0.3) is 5.91 Å². The number of fused-ring (bicyclic) bond motifs is 5. The molecule has 0 aliphatic carbocycles. The van der Waals surface area contributed by atoms with Crippen molar-refractivity contribution in [2.24, 2.45) is 0 Å². The van der Waals surface area contributed by atoms with Crippen LogP contribution in [-0.4, -0.2) is 77.6 Å². The molecule has 4 bridgehead atoms. The smallest absolute Gasteiger partial charge is 0.252 e. The third-order valence-corrected chi connectivity index (χ3v) is 5.75. The summed E-state index contributed by atoms with van der Waals surface area (Å²) >= 11 is 0. The number of hydrogen-bond donors (Lipinski definition) is 1. The van der Waals surface area contributed by atoms with Crippen LogP contribution in [0.25, 0.3) is 16.8 Å². The highest BCUT2D eigenvalue weighted by Gasteiger charge is 2.40. The summed E-state index contributed by atoms with van der Waals surface area (Å²) in [7, 11) is 1.59. The third-order valence-electron chi connectivity index (χ3n) is 5.75. The molecule has 168 valence electrons. The lowest BCUT2D eigenvalue weighted by Gasteiger charge is -2.25. The SMILES string of the molecule is COCCO[C@@H]1C[C@H]2COc3ccn4ncc(c4n3)-c3cc(F)cc(c3)NCCN2C1=O. The predicted octanol–water partition coefficient (Wildman–Crippen LogP) is 1.97. The van der Waals surface area contributed by atoms with Gasteiger partial charge in [-0.25, -0.2) is 8.91 Å². The second-order valence-corrected chi connectivity index (χ2v) is 7.83. The molecule has 1 amide bonds. The molecule has 3 aromatic rings. The molecule has 0 spiro atoms. The Bertz CT molecular complexity index is 1140. The number of aromatic nitrogens is 3. The van der Waals surface area contributed by atoms with E-state index in [1.807, 2.05) is 6.07 Å². The van der Waals surface area contributed by atoms with Gasteiger partial charge in [-0.2, -0.15) is 10.1 Å². The van der Waals surface area contributed by atoms with Crippen molar-refractivity contribution in [3.05, 3.63) is 42.5 Å². The summed E-state index contributed by atoms with van der Waals surface area (Å²) in [5.41, 5.74) is 2.56. The number of nitrogens with zero attached hydrogens (tertiary/aromatic N) is 4. The van der Waals surface area contributed by atoms with Crippen molar-refractivity contribution in [1.82, 2.24) is 19.5 Å². The Labute approximate surface area is 184 Å². The topological polar surface area (TPSA) is 90.2 Å². The van der Waals surface area contributed by atoms with E-state index < -0.39 is 6.10 Å². The molecule has 5 rings (SSSR count). The van der Waals surface area contributed by atoms with Crippen LogP contribution < -0.4 is 10.1 Å². The zero-order valence-corrected chi connectivity index (χ0v) is 17.7. The molecule has 10 heteroatoms. The first-order valence-electron chi connectivity index (χ1n) is 10.6. The van der Waals surface area contributed by atoms with Crippen LogP contribution >= 0.6 is 0 Å². The van der Waals surface area contributed by atoms with Gasteiger partial charge in [-0.05, 0) is 23.8 Å². The highest BCUT2D eigenvalue weighted by atomic mass is 19.1. The lowest BCUT2D eigenvalue weighted by Crippen LogP contribution is -2.41. The summed E-state index contributed by atoms with van der Waals surface area (Å²) in [6.45, 7) is 1.96. The van der Waals surface area contributed by atoms with Crippen molar-refractivity contribution in [2.75, 3.05) is 45.3 Å². The molecule has 2 aliphatic rings. The lowest BCUT2D eigenvalue weighted by molar-refractivity contribution is -0.138. The molecule has 32 heavy (non-hydrogen) atoms. The summed E-state index contributed by atoms with van der Waals surface area (Å²) in [6, 6.07) is 6.29. The number of carbonyl (C=O) groups is 1. The van der Waals surface area contributed by atoms with Gasteiger partial charge < -0.3 is 24.4 Å². The van der Waals surface area contributed by atoms with E-state index in [9.17, 15) is 9.18 Å². The molecule has 0 radical (unpaired) electrons. The van der Waals surface area contributed by atoms with Crippen molar-refractivity contribution in [2.45, 2.75) is 18.6 Å². The summed E-state index contributed by atoms with van der Waals surface area (Å²) < 4.78 is 32.7. The average Bonchev–Trinajstić information content (AvgIpc) is 3.33. The standard InChI is InChI=1S/C22H24FN5O4/c1-30-6-7-31-19-11-17-13-32-20-2-4-28-21(26-20)18(12-25-28)14-8-15(23)10-16(9-14)24-3-5-27(17)22(19)29/h2,4,8-10,12,17,19,24H,3,5-7,11,13H2,1H3/t17-,19+/m0/s1. The van der Waals surface area contributed by atoms with Crippen LogP contribution in [0.5, 0.6) is 5.88 Å². The highest BCUT2D eigenvalue weighted by Crippen LogP contribution is 2.29. The van der Waals surface area contributed by atoms with E-state index >= 15 is 0 Å². The fourth-order valence-corrected chi connectivity index (χ4v) is 4.19. The number of ether oxygens (including phenoxy) is 3. The normalized spacial score (nSPS) is 20.7. The quantitative estimate of drug-likeness (QED) is 0.619. The van der Waals surface area contributed by atoms with Crippen LogP contribution in [0.1, 0.15) is 6.42 Å². The van der Waals surface area contributed by atoms with Gasteiger partial charge in [0, 0.05) is 50.1 Å². The molecule has 4 heterocycles.